The van der Waals surface area contributed by atoms with Crippen molar-refractivity contribution >= 4 is 57.0 Å². The van der Waals surface area contributed by atoms with Gasteiger partial charge in [-0.2, -0.15) is 0 Å². The summed E-state index contributed by atoms with van der Waals surface area (Å²) in [5.41, 5.74) is 3.11. The zero-order valence-corrected chi connectivity index (χ0v) is 19.1. The van der Waals surface area contributed by atoms with Gasteiger partial charge in [-0.3, -0.25) is 14.2 Å². The van der Waals surface area contributed by atoms with Gasteiger partial charge < -0.3 is 9.73 Å². The summed E-state index contributed by atoms with van der Waals surface area (Å²) in [6.07, 6.45) is 0. The first-order chi connectivity index (χ1) is 16.0. The maximum Gasteiger partial charge on any atom is 0.302 e. The Kier molecular flexibility index (Phi) is 5.66. The number of carbonyl (C=O) groups excluding carboxylic acids is 1. The van der Waals surface area contributed by atoms with E-state index in [1.165, 1.54) is 16.3 Å². The Balaban J connectivity index is 1.58. The molecule has 2 aromatic heterocycles. The molecule has 164 valence electrons. The lowest BCUT2D eigenvalue weighted by Gasteiger charge is -2.12. The van der Waals surface area contributed by atoms with E-state index in [9.17, 15) is 9.59 Å². The van der Waals surface area contributed by atoms with Crippen LogP contribution in [-0.2, 0) is 4.79 Å². The highest BCUT2D eigenvalue weighted by molar-refractivity contribution is 7.99. The standard InChI is InChI=1S/C25H18ClN3O3S/c1-15-7-6-8-16(13-15)29-24(31)23-22(17-9-2-5-12-20(17)32-23)28-25(29)33-14-21(30)27-19-11-4-3-10-18(19)26/h2-13H,14H2,1H3,(H,27,30). The van der Waals surface area contributed by atoms with Crippen LogP contribution >= 0.6 is 23.4 Å². The van der Waals surface area contributed by atoms with Gasteiger partial charge in [0.2, 0.25) is 11.5 Å². The highest BCUT2D eigenvalue weighted by Crippen LogP contribution is 2.29. The van der Waals surface area contributed by atoms with Gasteiger partial charge >= 0.3 is 5.56 Å². The average Bonchev–Trinajstić information content (AvgIpc) is 3.18. The van der Waals surface area contributed by atoms with E-state index in [1.54, 1.807) is 30.3 Å². The monoisotopic (exact) mass is 475 g/mol. The zero-order chi connectivity index (χ0) is 22.9. The van der Waals surface area contributed by atoms with Crippen molar-refractivity contribution in [1.82, 2.24) is 9.55 Å². The van der Waals surface area contributed by atoms with Gasteiger partial charge in [0.1, 0.15) is 11.1 Å². The molecule has 0 saturated carbocycles. The molecule has 2 heterocycles. The molecule has 6 nitrogen and oxygen atoms in total. The topological polar surface area (TPSA) is 77.1 Å². The van der Waals surface area contributed by atoms with Gasteiger partial charge in [0.15, 0.2) is 5.16 Å². The minimum atomic E-state index is -0.323. The summed E-state index contributed by atoms with van der Waals surface area (Å²) >= 11 is 7.32. The number of amides is 1. The third-order valence-electron chi connectivity index (χ3n) is 5.11. The molecule has 1 amide bonds. The molecule has 5 aromatic rings. The molecule has 0 fully saturated rings. The molecule has 3 aromatic carbocycles. The van der Waals surface area contributed by atoms with E-state index in [2.05, 4.69) is 5.32 Å². The number of carbonyl (C=O) groups is 1. The Bertz CT molecular complexity index is 1570. The van der Waals surface area contributed by atoms with Crippen molar-refractivity contribution in [2.45, 2.75) is 12.1 Å². The van der Waals surface area contributed by atoms with Gasteiger partial charge in [-0.1, -0.05) is 59.8 Å². The molecule has 33 heavy (non-hydrogen) atoms. The van der Waals surface area contributed by atoms with Crippen LogP contribution in [0.5, 0.6) is 0 Å². The number of benzene rings is 3. The second-order valence-corrected chi connectivity index (χ2v) is 8.82. The van der Waals surface area contributed by atoms with Crippen molar-refractivity contribution in [1.29, 1.82) is 0 Å². The first-order valence-electron chi connectivity index (χ1n) is 10.2. The molecule has 0 saturated heterocycles. The first kappa shape index (κ1) is 21.3. The normalized spacial score (nSPS) is 11.2. The van der Waals surface area contributed by atoms with Gasteiger partial charge in [0.25, 0.3) is 0 Å². The predicted octanol–water partition coefficient (Wildman–Crippen LogP) is 5.82. The lowest BCUT2D eigenvalue weighted by atomic mass is 10.2. The zero-order valence-electron chi connectivity index (χ0n) is 17.5. The number of rotatable bonds is 5. The molecule has 0 spiro atoms. The number of hydrogen-bond donors (Lipinski definition) is 1. The Morgan fingerprint density at radius 2 is 1.88 bits per heavy atom. The number of hydrogen-bond acceptors (Lipinski definition) is 5. The summed E-state index contributed by atoms with van der Waals surface area (Å²) in [5.74, 6) is -0.208. The predicted molar refractivity (Wildman–Crippen MR) is 133 cm³/mol. The van der Waals surface area contributed by atoms with E-state index in [1.807, 2.05) is 49.4 Å². The van der Waals surface area contributed by atoms with Crippen LogP contribution in [0.25, 0.3) is 27.8 Å². The summed E-state index contributed by atoms with van der Waals surface area (Å²) in [5, 5.41) is 4.41. The highest BCUT2D eigenvalue weighted by Gasteiger charge is 2.20. The van der Waals surface area contributed by atoms with Crippen LogP contribution in [0, 0.1) is 6.92 Å². The van der Waals surface area contributed by atoms with Crippen LogP contribution in [0.2, 0.25) is 5.02 Å². The maximum atomic E-state index is 13.5. The number of anilines is 1. The smallest absolute Gasteiger partial charge is 0.302 e. The van der Waals surface area contributed by atoms with Crippen molar-refractivity contribution in [3.05, 3.63) is 93.7 Å². The molecular formula is C25H18ClN3O3S. The Labute approximate surface area is 198 Å². The van der Waals surface area contributed by atoms with E-state index in [-0.39, 0.29) is 22.8 Å². The summed E-state index contributed by atoms with van der Waals surface area (Å²) in [4.78, 5) is 30.9. The summed E-state index contributed by atoms with van der Waals surface area (Å²) < 4.78 is 7.34. The fourth-order valence-corrected chi connectivity index (χ4v) is 4.58. The molecule has 0 unspecified atom stereocenters. The van der Waals surface area contributed by atoms with Gasteiger partial charge in [0.05, 0.1) is 22.2 Å². The third-order valence-corrected chi connectivity index (χ3v) is 6.37. The number of furan rings is 1. The van der Waals surface area contributed by atoms with Gasteiger partial charge in [-0.25, -0.2) is 4.98 Å². The summed E-state index contributed by atoms with van der Waals surface area (Å²) in [6, 6.07) is 22.0. The lowest BCUT2D eigenvalue weighted by molar-refractivity contribution is -0.113. The van der Waals surface area contributed by atoms with Gasteiger partial charge in [-0.05, 0) is 48.9 Å². The van der Waals surface area contributed by atoms with Crippen molar-refractivity contribution in [2.24, 2.45) is 0 Å². The molecule has 0 atom stereocenters. The van der Waals surface area contributed by atoms with Crippen LogP contribution in [0.15, 0.2) is 87.2 Å². The van der Waals surface area contributed by atoms with Crippen LogP contribution < -0.4 is 10.9 Å². The maximum absolute atomic E-state index is 13.5. The molecular weight excluding hydrogens is 458 g/mol. The second-order valence-electron chi connectivity index (χ2n) is 7.47. The van der Waals surface area contributed by atoms with Gasteiger partial charge in [0, 0.05) is 5.39 Å². The number of para-hydroxylation sites is 2. The Morgan fingerprint density at radius 1 is 1.09 bits per heavy atom. The molecule has 1 N–H and O–H groups in total. The van der Waals surface area contributed by atoms with Crippen LogP contribution in [0.3, 0.4) is 0 Å². The number of halogens is 1. The number of fused-ring (bicyclic) bond motifs is 3. The fraction of sp³-hybridized carbons (Fsp3) is 0.0800. The van der Waals surface area contributed by atoms with E-state index in [0.717, 1.165) is 10.9 Å². The Hall–Kier alpha value is -3.55. The molecule has 8 heteroatoms. The largest absolute Gasteiger partial charge is 0.448 e. The number of aryl methyl sites for hydroxylation is 1. The number of nitrogens with zero attached hydrogens (tertiary/aromatic N) is 2. The molecule has 0 aliphatic rings. The Morgan fingerprint density at radius 3 is 2.70 bits per heavy atom. The van der Waals surface area contributed by atoms with Gasteiger partial charge in [-0.15, -0.1) is 0 Å². The quantitative estimate of drug-likeness (QED) is 0.256. The number of thioether (sulfide) groups is 1. The first-order valence-corrected chi connectivity index (χ1v) is 11.6. The second kappa shape index (κ2) is 8.77. The third kappa shape index (κ3) is 4.13. The molecule has 0 aliphatic carbocycles. The highest BCUT2D eigenvalue weighted by atomic mass is 35.5. The van der Waals surface area contributed by atoms with Crippen molar-refractivity contribution in [3.8, 4) is 5.69 Å². The van der Waals surface area contributed by atoms with Crippen molar-refractivity contribution in [3.63, 3.8) is 0 Å². The summed E-state index contributed by atoms with van der Waals surface area (Å²) in [6.45, 7) is 1.95. The molecule has 5 rings (SSSR count). The molecule has 0 aliphatic heterocycles. The lowest BCUT2D eigenvalue weighted by Crippen LogP contribution is -2.22. The van der Waals surface area contributed by atoms with E-state index >= 15 is 0 Å². The molecule has 0 radical (unpaired) electrons. The molecule has 0 bridgehead atoms. The summed E-state index contributed by atoms with van der Waals surface area (Å²) in [7, 11) is 0. The average molecular weight is 476 g/mol. The minimum Gasteiger partial charge on any atom is -0.448 e. The van der Waals surface area contributed by atoms with E-state index in [4.69, 9.17) is 21.0 Å². The van der Waals surface area contributed by atoms with Crippen LogP contribution in [0.1, 0.15) is 5.56 Å². The van der Waals surface area contributed by atoms with E-state index in [0.29, 0.717) is 32.7 Å². The van der Waals surface area contributed by atoms with Crippen molar-refractivity contribution < 1.29 is 9.21 Å². The van der Waals surface area contributed by atoms with Crippen LogP contribution in [0.4, 0.5) is 5.69 Å². The van der Waals surface area contributed by atoms with Crippen molar-refractivity contribution in [2.75, 3.05) is 11.1 Å². The SMILES string of the molecule is Cc1cccc(-n2c(SCC(=O)Nc3ccccc3Cl)nc3c(oc4ccccc43)c2=O)c1. The minimum absolute atomic E-state index is 0.0464. The van der Waals surface area contributed by atoms with Crippen LogP contribution in [-0.4, -0.2) is 21.2 Å². The van der Waals surface area contributed by atoms with E-state index < -0.39 is 0 Å². The number of nitrogens with one attached hydrogen (secondary N) is 1. The number of aromatic nitrogens is 2. The fourth-order valence-electron chi connectivity index (χ4n) is 3.59.